The van der Waals surface area contributed by atoms with Crippen LogP contribution in [0.25, 0.3) is 0 Å². The number of carbonyl (C=O) groups excluding carboxylic acids is 2. The van der Waals surface area contributed by atoms with Crippen molar-refractivity contribution in [3.05, 3.63) is 52.3 Å². The van der Waals surface area contributed by atoms with Crippen molar-refractivity contribution in [3.63, 3.8) is 0 Å². The fourth-order valence-electron chi connectivity index (χ4n) is 3.84. The molecule has 0 aliphatic heterocycles. The summed E-state index contributed by atoms with van der Waals surface area (Å²) in [6, 6.07) is 11.9. The van der Waals surface area contributed by atoms with E-state index >= 15 is 0 Å². The summed E-state index contributed by atoms with van der Waals surface area (Å²) in [5.41, 5.74) is 0.752. The monoisotopic (exact) mass is 428 g/mol. The molecule has 30 heavy (non-hydrogen) atoms. The number of aryl methyl sites for hydroxylation is 1. The molecule has 1 aromatic heterocycles. The Hall–Kier alpha value is -2.85. The molecule has 0 radical (unpaired) electrons. The van der Waals surface area contributed by atoms with Crippen LogP contribution in [-0.2, 0) is 16.1 Å². The van der Waals surface area contributed by atoms with Gasteiger partial charge in [-0.05, 0) is 25.3 Å². The average Bonchev–Trinajstić information content (AvgIpc) is 3.05. The lowest BCUT2D eigenvalue weighted by atomic mass is 9.81. The number of halogens is 1. The van der Waals surface area contributed by atoms with Gasteiger partial charge in [0.1, 0.15) is 16.3 Å². The van der Waals surface area contributed by atoms with Crippen molar-refractivity contribution in [1.82, 2.24) is 14.7 Å². The van der Waals surface area contributed by atoms with Gasteiger partial charge in [-0.1, -0.05) is 61.2 Å². The zero-order valence-corrected chi connectivity index (χ0v) is 18.0. The van der Waals surface area contributed by atoms with Crippen molar-refractivity contribution in [2.75, 3.05) is 13.7 Å². The topological polar surface area (TPSA) is 88.2 Å². The molecule has 3 rings (SSSR count). The molecular formula is C22H25ClN4O3. The molecule has 0 saturated heterocycles. The summed E-state index contributed by atoms with van der Waals surface area (Å²) in [6.07, 6.45) is 4.14. The van der Waals surface area contributed by atoms with Crippen LogP contribution in [-0.4, -0.2) is 45.8 Å². The van der Waals surface area contributed by atoms with Crippen LogP contribution in [0.3, 0.4) is 0 Å². The number of carbonyl (C=O) groups is 2. The van der Waals surface area contributed by atoms with Crippen LogP contribution < -0.4 is 0 Å². The summed E-state index contributed by atoms with van der Waals surface area (Å²) in [5, 5.41) is 14.1. The van der Waals surface area contributed by atoms with Crippen molar-refractivity contribution in [2.45, 2.75) is 51.1 Å². The maximum Gasteiger partial charge on any atom is 0.343 e. The molecule has 1 aliphatic carbocycles. The zero-order chi connectivity index (χ0) is 21.7. The molecule has 1 heterocycles. The molecule has 1 amide bonds. The van der Waals surface area contributed by atoms with Gasteiger partial charge in [-0.2, -0.15) is 10.4 Å². The van der Waals surface area contributed by atoms with Gasteiger partial charge in [-0.25, -0.2) is 9.48 Å². The first-order valence-electron chi connectivity index (χ1n) is 10.00. The van der Waals surface area contributed by atoms with Gasteiger partial charge in [0.25, 0.3) is 5.91 Å². The van der Waals surface area contributed by atoms with E-state index in [2.05, 4.69) is 11.2 Å². The van der Waals surface area contributed by atoms with Crippen LogP contribution >= 0.6 is 11.6 Å². The Kier molecular flexibility index (Phi) is 6.78. The Labute approximate surface area is 181 Å². The van der Waals surface area contributed by atoms with E-state index in [0.717, 1.165) is 24.8 Å². The SMILES string of the molecule is Cc1nn(Cc2ccccc2)c(Cl)c1C(=O)OCC(=O)N(C)C1(C#N)CCCCC1. The van der Waals surface area contributed by atoms with Gasteiger partial charge in [0.05, 0.1) is 18.3 Å². The minimum absolute atomic E-state index is 0.149. The molecule has 0 spiro atoms. The number of esters is 1. The molecule has 1 saturated carbocycles. The lowest BCUT2D eigenvalue weighted by Gasteiger charge is -2.38. The highest BCUT2D eigenvalue weighted by molar-refractivity contribution is 6.32. The molecular weight excluding hydrogens is 404 g/mol. The molecule has 2 aromatic rings. The van der Waals surface area contributed by atoms with E-state index in [4.69, 9.17) is 16.3 Å². The van der Waals surface area contributed by atoms with Crippen molar-refractivity contribution in [1.29, 1.82) is 5.26 Å². The molecule has 8 heteroatoms. The highest BCUT2D eigenvalue weighted by atomic mass is 35.5. The predicted octanol–water partition coefficient (Wildman–Crippen LogP) is 3.73. The molecule has 1 aliphatic rings. The third-order valence-electron chi connectivity index (χ3n) is 5.68. The van der Waals surface area contributed by atoms with E-state index < -0.39 is 24.0 Å². The summed E-state index contributed by atoms with van der Waals surface area (Å²) >= 11 is 6.38. The Morgan fingerprint density at radius 1 is 1.27 bits per heavy atom. The van der Waals surface area contributed by atoms with E-state index in [1.165, 1.54) is 9.58 Å². The van der Waals surface area contributed by atoms with Crippen molar-refractivity contribution in [3.8, 4) is 6.07 Å². The molecule has 7 nitrogen and oxygen atoms in total. The first kappa shape index (κ1) is 21.8. The minimum atomic E-state index is -0.824. The smallest absolute Gasteiger partial charge is 0.343 e. The molecule has 0 atom stereocenters. The number of nitrogens with zero attached hydrogens (tertiary/aromatic N) is 4. The fraction of sp³-hybridized carbons (Fsp3) is 0.455. The summed E-state index contributed by atoms with van der Waals surface area (Å²) in [5.74, 6) is -1.11. The van der Waals surface area contributed by atoms with Crippen LogP contribution in [0.2, 0.25) is 5.15 Å². The second-order valence-electron chi connectivity index (χ2n) is 7.63. The average molecular weight is 429 g/mol. The molecule has 0 N–H and O–H groups in total. The van der Waals surface area contributed by atoms with Crippen molar-refractivity contribution < 1.29 is 14.3 Å². The summed E-state index contributed by atoms with van der Waals surface area (Å²) < 4.78 is 6.77. The minimum Gasteiger partial charge on any atom is -0.452 e. The van der Waals surface area contributed by atoms with E-state index in [-0.39, 0.29) is 10.7 Å². The second-order valence-corrected chi connectivity index (χ2v) is 7.99. The number of amides is 1. The second kappa shape index (κ2) is 9.31. The molecule has 0 unspecified atom stereocenters. The lowest BCUT2D eigenvalue weighted by molar-refractivity contribution is -0.138. The number of hydrogen-bond donors (Lipinski definition) is 0. The number of ether oxygens (including phenoxy) is 1. The van der Waals surface area contributed by atoms with E-state index in [0.29, 0.717) is 25.1 Å². The molecule has 158 valence electrons. The number of aromatic nitrogens is 2. The summed E-state index contributed by atoms with van der Waals surface area (Å²) in [6.45, 7) is 1.64. The van der Waals surface area contributed by atoms with Crippen LogP contribution in [0.4, 0.5) is 0 Å². The molecule has 1 aromatic carbocycles. The third-order valence-corrected chi connectivity index (χ3v) is 6.06. The quantitative estimate of drug-likeness (QED) is 0.654. The van der Waals surface area contributed by atoms with Gasteiger partial charge < -0.3 is 9.64 Å². The fourth-order valence-corrected chi connectivity index (χ4v) is 4.15. The Bertz CT molecular complexity index is 959. The predicted molar refractivity (Wildman–Crippen MR) is 112 cm³/mol. The first-order valence-corrected chi connectivity index (χ1v) is 10.4. The van der Waals surface area contributed by atoms with Gasteiger partial charge in [0.15, 0.2) is 6.61 Å². The zero-order valence-electron chi connectivity index (χ0n) is 17.2. The van der Waals surface area contributed by atoms with E-state index in [1.807, 2.05) is 30.3 Å². The van der Waals surface area contributed by atoms with Crippen LogP contribution in [0.5, 0.6) is 0 Å². The van der Waals surface area contributed by atoms with Gasteiger partial charge in [-0.15, -0.1) is 0 Å². The summed E-state index contributed by atoms with van der Waals surface area (Å²) in [4.78, 5) is 26.6. The molecule has 1 fully saturated rings. The highest BCUT2D eigenvalue weighted by Gasteiger charge is 2.39. The maximum absolute atomic E-state index is 12.6. The van der Waals surface area contributed by atoms with Crippen LogP contribution in [0.15, 0.2) is 30.3 Å². The van der Waals surface area contributed by atoms with E-state index in [1.54, 1.807) is 14.0 Å². The normalized spacial score (nSPS) is 15.3. The number of benzene rings is 1. The Balaban J connectivity index is 1.66. The van der Waals surface area contributed by atoms with Gasteiger partial charge in [0.2, 0.25) is 0 Å². The van der Waals surface area contributed by atoms with Crippen LogP contribution in [0, 0.1) is 18.3 Å². The van der Waals surface area contributed by atoms with E-state index in [9.17, 15) is 14.9 Å². The van der Waals surface area contributed by atoms with Gasteiger partial charge in [0, 0.05) is 7.05 Å². The van der Waals surface area contributed by atoms with Crippen molar-refractivity contribution in [2.24, 2.45) is 0 Å². The Morgan fingerprint density at radius 3 is 2.57 bits per heavy atom. The van der Waals surface area contributed by atoms with Gasteiger partial charge in [-0.3, -0.25) is 4.79 Å². The van der Waals surface area contributed by atoms with Gasteiger partial charge >= 0.3 is 5.97 Å². The number of likely N-dealkylation sites (N-methyl/N-ethyl adjacent to an activating group) is 1. The first-order chi connectivity index (χ1) is 14.4. The maximum atomic E-state index is 12.6. The highest BCUT2D eigenvalue weighted by Crippen LogP contribution is 2.32. The largest absolute Gasteiger partial charge is 0.452 e. The Morgan fingerprint density at radius 2 is 1.93 bits per heavy atom. The number of hydrogen-bond acceptors (Lipinski definition) is 5. The molecule has 0 bridgehead atoms. The number of rotatable bonds is 6. The van der Waals surface area contributed by atoms with Crippen LogP contribution in [0.1, 0.15) is 53.7 Å². The number of nitriles is 1. The lowest BCUT2D eigenvalue weighted by Crippen LogP contribution is -2.51. The summed E-state index contributed by atoms with van der Waals surface area (Å²) in [7, 11) is 1.60. The third kappa shape index (κ3) is 4.49. The van der Waals surface area contributed by atoms with Crippen molar-refractivity contribution >= 4 is 23.5 Å². The standard InChI is InChI=1S/C22H25ClN4O3/c1-16-19(20(23)27(25-16)13-17-9-5-3-6-10-17)21(29)30-14-18(28)26(2)22(15-24)11-7-4-8-12-22/h3,5-6,9-10H,4,7-8,11-14H2,1-2H3.